The van der Waals surface area contributed by atoms with Crippen LogP contribution in [0.3, 0.4) is 0 Å². The molecule has 0 saturated carbocycles. The van der Waals surface area contributed by atoms with Crippen LogP contribution in [0.25, 0.3) is 0 Å². The van der Waals surface area contributed by atoms with Crippen molar-refractivity contribution in [1.82, 2.24) is 9.79 Å². The first-order chi connectivity index (χ1) is 14.1. The van der Waals surface area contributed by atoms with Crippen molar-refractivity contribution in [3.63, 3.8) is 0 Å². The zero-order valence-corrected chi connectivity index (χ0v) is 17.1. The number of sulfonamides is 1. The highest BCUT2D eigenvalue weighted by atomic mass is 32.2. The molecule has 3 rings (SSSR count). The molecule has 2 aromatic rings. The number of hydrogen-bond acceptors (Lipinski definition) is 6. The number of hydroxylamine groups is 1. The number of carbonyl (C=O) groups excluding carboxylic acids is 1. The standard InChI is InChI=1S/C20H23FN2O6S/c1-20(25)10-11-23(18(12-20)19(24)22-26)30(27,28)17-8-6-16(7-9-17)29-13-14-2-4-15(21)5-3-14/h2-9,18,25-26H,10-13H2,1H3,(H,22,24). The van der Waals surface area contributed by atoms with Crippen LogP contribution >= 0.6 is 0 Å². The largest absolute Gasteiger partial charge is 0.489 e. The third-order valence-electron chi connectivity index (χ3n) is 5.01. The molecule has 162 valence electrons. The third-order valence-corrected chi connectivity index (χ3v) is 6.94. The lowest BCUT2D eigenvalue weighted by Gasteiger charge is -2.40. The molecule has 1 aliphatic heterocycles. The highest BCUT2D eigenvalue weighted by Crippen LogP contribution is 2.31. The first kappa shape index (κ1) is 22.2. The van der Waals surface area contributed by atoms with Gasteiger partial charge in [0.2, 0.25) is 10.0 Å². The molecule has 1 heterocycles. The van der Waals surface area contributed by atoms with Gasteiger partial charge in [-0.15, -0.1) is 0 Å². The summed E-state index contributed by atoms with van der Waals surface area (Å²) >= 11 is 0. The van der Waals surface area contributed by atoms with Crippen LogP contribution in [-0.4, -0.2) is 47.1 Å². The van der Waals surface area contributed by atoms with E-state index in [-0.39, 0.29) is 36.7 Å². The highest BCUT2D eigenvalue weighted by Gasteiger charge is 2.44. The Balaban J connectivity index is 1.75. The van der Waals surface area contributed by atoms with E-state index in [9.17, 15) is 22.7 Å². The summed E-state index contributed by atoms with van der Waals surface area (Å²) in [4.78, 5) is 12.0. The summed E-state index contributed by atoms with van der Waals surface area (Å²) in [6, 6.07) is 10.3. The summed E-state index contributed by atoms with van der Waals surface area (Å²) in [5.74, 6) is -0.831. The minimum Gasteiger partial charge on any atom is -0.489 e. The van der Waals surface area contributed by atoms with E-state index in [4.69, 9.17) is 9.94 Å². The third kappa shape index (κ3) is 4.96. The van der Waals surface area contributed by atoms with Crippen molar-refractivity contribution in [2.45, 2.75) is 42.9 Å². The Hall–Kier alpha value is -2.53. The lowest BCUT2D eigenvalue weighted by molar-refractivity contribution is -0.137. The summed E-state index contributed by atoms with van der Waals surface area (Å²) < 4.78 is 45.6. The van der Waals surface area contributed by atoms with E-state index in [0.717, 1.165) is 9.87 Å². The van der Waals surface area contributed by atoms with Crippen LogP contribution in [-0.2, 0) is 21.4 Å². The normalized spacial score (nSPS) is 22.5. The lowest BCUT2D eigenvalue weighted by atomic mass is 9.89. The van der Waals surface area contributed by atoms with E-state index in [1.807, 2.05) is 0 Å². The number of benzene rings is 2. The Labute approximate surface area is 173 Å². The predicted molar refractivity (Wildman–Crippen MR) is 105 cm³/mol. The van der Waals surface area contributed by atoms with Gasteiger partial charge in [-0.1, -0.05) is 12.1 Å². The van der Waals surface area contributed by atoms with E-state index >= 15 is 0 Å². The molecule has 1 fully saturated rings. The maximum Gasteiger partial charge on any atom is 0.261 e. The summed E-state index contributed by atoms with van der Waals surface area (Å²) in [7, 11) is -4.05. The van der Waals surface area contributed by atoms with Gasteiger partial charge in [-0.3, -0.25) is 10.0 Å². The molecule has 1 amide bonds. The fourth-order valence-corrected chi connectivity index (χ4v) is 4.89. The van der Waals surface area contributed by atoms with Crippen molar-refractivity contribution < 1.29 is 32.7 Å². The van der Waals surface area contributed by atoms with Gasteiger partial charge in [-0.25, -0.2) is 18.3 Å². The van der Waals surface area contributed by atoms with Gasteiger partial charge in [0.1, 0.15) is 24.2 Å². The molecule has 0 bridgehead atoms. The Morgan fingerprint density at radius 1 is 1.23 bits per heavy atom. The van der Waals surface area contributed by atoms with Gasteiger partial charge >= 0.3 is 0 Å². The monoisotopic (exact) mass is 438 g/mol. The highest BCUT2D eigenvalue weighted by molar-refractivity contribution is 7.89. The Morgan fingerprint density at radius 2 is 1.87 bits per heavy atom. The van der Waals surface area contributed by atoms with E-state index in [1.165, 1.54) is 48.8 Å². The van der Waals surface area contributed by atoms with E-state index in [1.54, 1.807) is 12.1 Å². The Bertz CT molecular complexity index is 993. The molecular weight excluding hydrogens is 415 g/mol. The van der Waals surface area contributed by atoms with Gasteiger partial charge in [-0.05, 0) is 55.3 Å². The zero-order chi connectivity index (χ0) is 21.9. The first-order valence-corrected chi connectivity index (χ1v) is 10.7. The molecule has 0 aliphatic carbocycles. The average Bonchev–Trinajstić information content (AvgIpc) is 2.72. The number of piperidine rings is 1. The van der Waals surface area contributed by atoms with Gasteiger partial charge in [0.15, 0.2) is 0 Å². The van der Waals surface area contributed by atoms with Gasteiger partial charge in [0.05, 0.1) is 10.5 Å². The van der Waals surface area contributed by atoms with Crippen molar-refractivity contribution in [2.24, 2.45) is 0 Å². The van der Waals surface area contributed by atoms with Gasteiger partial charge in [0.25, 0.3) is 5.91 Å². The number of hydrogen-bond donors (Lipinski definition) is 3. The number of rotatable bonds is 6. The van der Waals surface area contributed by atoms with Crippen LogP contribution in [0.15, 0.2) is 53.4 Å². The predicted octanol–water partition coefficient (Wildman–Crippen LogP) is 1.81. The van der Waals surface area contributed by atoms with E-state index < -0.39 is 27.6 Å². The average molecular weight is 438 g/mol. The number of carbonyl (C=O) groups is 1. The van der Waals surface area contributed by atoms with Crippen molar-refractivity contribution in [3.8, 4) is 5.75 Å². The van der Waals surface area contributed by atoms with Crippen LogP contribution < -0.4 is 10.2 Å². The molecule has 0 radical (unpaired) electrons. The van der Waals surface area contributed by atoms with E-state index in [2.05, 4.69) is 0 Å². The molecule has 8 nitrogen and oxygen atoms in total. The van der Waals surface area contributed by atoms with Crippen LogP contribution in [0.1, 0.15) is 25.3 Å². The van der Waals surface area contributed by atoms with Crippen molar-refractivity contribution >= 4 is 15.9 Å². The van der Waals surface area contributed by atoms with Crippen LogP contribution in [0.4, 0.5) is 4.39 Å². The maximum atomic E-state index is 13.1. The number of aliphatic hydroxyl groups is 1. The van der Waals surface area contributed by atoms with Gasteiger partial charge in [0, 0.05) is 13.0 Å². The number of amides is 1. The Kier molecular flexibility index (Phi) is 6.41. The quantitative estimate of drug-likeness (QED) is 0.468. The van der Waals surface area contributed by atoms with Gasteiger partial charge in [-0.2, -0.15) is 4.31 Å². The summed E-state index contributed by atoms with van der Waals surface area (Å²) in [5.41, 5.74) is 1.01. The molecule has 2 unspecified atom stereocenters. The zero-order valence-electron chi connectivity index (χ0n) is 16.3. The molecule has 1 aliphatic rings. The molecule has 2 aromatic carbocycles. The molecule has 0 aromatic heterocycles. The molecule has 1 saturated heterocycles. The maximum absolute atomic E-state index is 13.1. The van der Waals surface area contributed by atoms with Crippen molar-refractivity contribution in [1.29, 1.82) is 0 Å². The van der Waals surface area contributed by atoms with Crippen LogP contribution in [0.5, 0.6) is 5.75 Å². The van der Waals surface area contributed by atoms with Crippen molar-refractivity contribution in [3.05, 3.63) is 59.9 Å². The summed E-state index contributed by atoms with van der Waals surface area (Å²) in [6.07, 6.45) is 0.0117. The number of nitrogens with zero attached hydrogens (tertiary/aromatic N) is 1. The first-order valence-electron chi connectivity index (χ1n) is 9.28. The van der Waals surface area contributed by atoms with Crippen LogP contribution in [0.2, 0.25) is 0 Å². The molecule has 2 atom stereocenters. The molecule has 10 heteroatoms. The smallest absolute Gasteiger partial charge is 0.261 e. The summed E-state index contributed by atoms with van der Waals surface area (Å²) in [6.45, 7) is 1.63. The fourth-order valence-electron chi connectivity index (χ4n) is 3.30. The second-order valence-electron chi connectivity index (χ2n) is 7.45. The minimum absolute atomic E-state index is 0.0473. The van der Waals surface area contributed by atoms with Gasteiger partial charge < -0.3 is 9.84 Å². The van der Waals surface area contributed by atoms with E-state index in [0.29, 0.717) is 5.75 Å². The molecule has 3 N–H and O–H groups in total. The lowest BCUT2D eigenvalue weighted by Crippen LogP contribution is -2.57. The molecule has 0 spiro atoms. The number of ether oxygens (including phenoxy) is 1. The minimum atomic E-state index is -4.05. The topological polar surface area (TPSA) is 116 Å². The number of nitrogens with one attached hydrogen (secondary N) is 1. The second-order valence-corrected chi connectivity index (χ2v) is 9.34. The number of halogens is 1. The SMILES string of the molecule is CC1(O)CCN(S(=O)(=O)c2ccc(OCc3ccc(F)cc3)cc2)C(C(=O)NO)C1. The second kappa shape index (κ2) is 8.68. The summed E-state index contributed by atoms with van der Waals surface area (Å²) in [5, 5.41) is 19.2. The molecule has 30 heavy (non-hydrogen) atoms. The Morgan fingerprint density at radius 3 is 2.47 bits per heavy atom. The van der Waals surface area contributed by atoms with Crippen LogP contribution in [0, 0.1) is 5.82 Å². The fraction of sp³-hybridized carbons (Fsp3) is 0.350. The van der Waals surface area contributed by atoms with Crippen molar-refractivity contribution in [2.75, 3.05) is 6.54 Å². The molecular formula is C20H23FN2O6S.